The second kappa shape index (κ2) is 5.82. The normalized spacial score (nSPS) is 23.5. The van der Waals surface area contributed by atoms with Crippen molar-refractivity contribution >= 4 is 9.84 Å². The molecule has 0 aromatic rings. The predicted octanol–water partition coefficient (Wildman–Crippen LogP) is -0.0376. The fourth-order valence-electron chi connectivity index (χ4n) is 1.85. The van der Waals surface area contributed by atoms with Gasteiger partial charge in [-0.2, -0.15) is 0 Å². The molecule has 1 atom stereocenters. The predicted molar refractivity (Wildman–Crippen MR) is 62.8 cm³/mol. The van der Waals surface area contributed by atoms with Gasteiger partial charge in [0, 0.05) is 32.4 Å². The van der Waals surface area contributed by atoms with E-state index in [2.05, 4.69) is 17.1 Å². The fraction of sp³-hybridized carbons (Fsp3) is 1.00. The van der Waals surface area contributed by atoms with Crippen molar-refractivity contribution < 1.29 is 8.42 Å². The third kappa shape index (κ3) is 6.12. The molecule has 1 saturated heterocycles. The highest BCUT2D eigenvalue weighted by atomic mass is 32.2. The number of rotatable bonds is 6. The highest BCUT2D eigenvalue weighted by molar-refractivity contribution is 7.90. The number of likely N-dealkylation sites (tertiary alicyclic amines) is 1. The summed E-state index contributed by atoms with van der Waals surface area (Å²) in [5.74, 6) is 1.06. The molecule has 1 heterocycles. The molecule has 1 fully saturated rings. The molecule has 1 aliphatic rings. The topological polar surface area (TPSA) is 49.4 Å². The lowest BCUT2D eigenvalue weighted by Crippen LogP contribution is -2.32. The molecule has 15 heavy (non-hydrogen) atoms. The van der Waals surface area contributed by atoms with E-state index in [9.17, 15) is 8.42 Å². The smallest absolute Gasteiger partial charge is 0.148 e. The summed E-state index contributed by atoms with van der Waals surface area (Å²) >= 11 is 0. The Bertz CT molecular complexity index is 277. The van der Waals surface area contributed by atoms with Gasteiger partial charge < -0.3 is 10.2 Å². The van der Waals surface area contributed by atoms with Gasteiger partial charge in [0.15, 0.2) is 0 Å². The molecule has 0 aromatic heterocycles. The monoisotopic (exact) mass is 234 g/mol. The minimum atomic E-state index is -2.81. The van der Waals surface area contributed by atoms with Crippen LogP contribution in [-0.2, 0) is 9.84 Å². The molecule has 90 valence electrons. The average molecular weight is 234 g/mol. The number of sulfone groups is 1. The van der Waals surface area contributed by atoms with Crippen molar-refractivity contribution in [3.63, 3.8) is 0 Å². The summed E-state index contributed by atoms with van der Waals surface area (Å²) in [7, 11) is -2.81. The quantitative estimate of drug-likeness (QED) is 0.655. The first kappa shape index (κ1) is 12.9. The maximum atomic E-state index is 10.8. The van der Waals surface area contributed by atoms with Crippen LogP contribution in [0.1, 0.15) is 13.3 Å². The Hall–Kier alpha value is -0.130. The van der Waals surface area contributed by atoms with Crippen LogP contribution in [0.4, 0.5) is 0 Å². The molecule has 1 rings (SSSR count). The van der Waals surface area contributed by atoms with Crippen LogP contribution in [0, 0.1) is 5.92 Å². The minimum absolute atomic E-state index is 0.239. The number of hydrogen-bond donors (Lipinski definition) is 1. The van der Waals surface area contributed by atoms with Gasteiger partial charge in [-0.1, -0.05) is 6.92 Å². The first-order valence-corrected chi connectivity index (χ1v) is 7.64. The minimum Gasteiger partial charge on any atom is -0.314 e. The average Bonchev–Trinajstić information content (AvgIpc) is 2.49. The van der Waals surface area contributed by atoms with E-state index in [1.165, 1.54) is 25.8 Å². The maximum absolute atomic E-state index is 10.8. The van der Waals surface area contributed by atoms with Gasteiger partial charge in [-0.25, -0.2) is 8.42 Å². The number of hydrogen-bond acceptors (Lipinski definition) is 4. The van der Waals surface area contributed by atoms with E-state index >= 15 is 0 Å². The first-order valence-electron chi connectivity index (χ1n) is 5.58. The standard InChI is InChI=1S/C10H22N2O2S/c1-10-3-6-12(9-10)7-4-11-5-8-15(2,13)14/h10-11H,3-9H2,1-2H3. The van der Waals surface area contributed by atoms with Crippen LogP contribution in [0.2, 0.25) is 0 Å². The van der Waals surface area contributed by atoms with Gasteiger partial charge in [0.25, 0.3) is 0 Å². The molecule has 0 radical (unpaired) electrons. The summed E-state index contributed by atoms with van der Waals surface area (Å²) in [5.41, 5.74) is 0. The zero-order valence-corrected chi connectivity index (χ0v) is 10.5. The van der Waals surface area contributed by atoms with Crippen LogP contribution in [0.15, 0.2) is 0 Å². The lowest BCUT2D eigenvalue weighted by molar-refractivity contribution is 0.327. The zero-order chi connectivity index (χ0) is 11.3. The van der Waals surface area contributed by atoms with Crippen LogP contribution in [-0.4, -0.2) is 58.1 Å². The first-order chi connectivity index (χ1) is 6.97. The van der Waals surface area contributed by atoms with Gasteiger partial charge in [0.05, 0.1) is 5.75 Å². The molecule has 0 saturated carbocycles. The Kier molecular flexibility index (Phi) is 5.02. The van der Waals surface area contributed by atoms with Crippen molar-refractivity contribution in [2.75, 3.05) is 44.7 Å². The molecule has 0 aromatic carbocycles. The molecule has 1 N–H and O–H groups in total. The summed E-state index contributed by atoms with van der Waals surface area (Å²) < 4.78 is 21.7. The largest absolute Gasteiger partial charge is 0.314 e. The molecule has 0 spiro atoms. The van der Waals surface area contributed by atoms with Crippen molar-refractivity contribution in [2.24, 2.45) is 5.92 Å². The summed E-state index contributed by atoms with van der Waals surface area (Å²) in [4.78, 5) is 2.43. The Morgan fingerprint density at radius 1 is 1.40 bits per heavy atom. The molecule has 0 bridgehead atoms. The van der Waals surface area contributed by atoms with E-state index in [1.54, 1.807) is 0 Å². The SMILES string of the molecule is CC1CCN(CCNCCS(C)(=O)=O)C1. The molecule has 5 heteroatoms. The van der Waals surface area contributed by atoms with E-state index in [-0.39, 0.29) is 5.75 Å². The van der Waals surface area contributed by atoms with Crippen LogP contribution in [0.3, 0.4) is 0 Å². The van der Waals surface area contributed by atoms with E-state index in [0.717, 1.165) is 19.0 Å². The van der Waals surface area contributed by atoms with E-state index in [1.807, 2.05) is 0 Å². The molecule has 1 unspecified atom stereocenters. The molecular formula is C10H22N2O2S. The number of nitrogens with one attached hydrogen (secondary N) is 1. The summed E-state index contributed by atoms with van der Waals surface area (Å²) in [6, 6.07) is 0. The summed E-state index contributed by atoms with van der Waals surface area (Å²) in [6.45, 7) is 7.15. The molecule has 4 nitrogen and oxygen atoms in total. The van der Waals surface area contributed by atoms with Crippen molar-refractivity contribution in [1.29, 1.82) is 0 Å². The van der Waals surface area contributed by atoms with Crippen LogP contribution in [0.25, 0.3) is 0 Å². The highest BCUT2D eigenvalue weighted by Crippen LogP contribution is 2.13. The van der Waals surface area contributed by atoms with Crippen molar-refractivity contribution in [1.82, 2.24) is 10.2 Å². The second-order valence-corrected chi connectivity index (χ2v) is 6.83. The maximum Gasteiger partial charge on any atom is 0.148 e. The van der Waals surface area contributed by atoms with Crippen LogP contribution < -0.4 is 5.32 Å². The van der Waals surface area contributed by atoms with Crippen molar-refractivity contribution in [3.05, 3.63) is 0 Å². The van der Waals surface area contributed by atoms with Gasteiger partial charge in [0.1, 0.15) is 9.84 Å². The zero-order valence-electron chi connectivity index (χ0n) is 9.70. The Morgan fingerprint density at radius 2 is 2.13 bits per heavy atom. The third-order valence-corrected chi connectivity index (χ3v) is 3.71. The molecule has 1 aliphatic heterocycles. The molecular weight excluding hydrogens is 212 g/mol. The summed E-state index contributed by atoms with van der Waals surface area (Å²) in [5, 5.41) is 3.16. The van der Waals surface area contributed by atoms with Gasteiger partial charge in [-0.05, 0) is 18.9 Å². The Morgan fingerprint density at radius 3 is 2.67 bits per heavy atom. The van der Waals surface area contributed by atoms with E-state index < -0.39 is 9.84 Å². The lowest BCUT2D eigenvalue weighted by Gasteiger charge is -2.15. The van der Waals surface area contributed by atoms with Crippen LogP contribution in [0.5, 0.6) is 0 Å². The van der Waals surface area contributed by atoms with Gasteiger partial charge in [-0.3, -0.25) is 0 Å². The van der Waals surface area contributed by atoms with Gasteiger partial charge in [0.2, 0.25) is 0 Å². The summed E-state index contributed by atoms with van der Waals surface area (Å²) in [6.07, 6.45) is 2.57. The van der Waals surface area contributed by atoms with E-state index in [4.69, 9.17) is 0 Å². The van der Waals surface area contributed by atoms with Gasteiger partial charge in [-0.15, -0.1) is 0 Å². The fourth-order valence-corrected chi connectivity index (χ4v) is 2.36. The third-order valence-electron chi connectivity index (χ3n) is 2.76. The molecule has 0 amide bonds. The number of nitrogens with zero attached hydrogens (tertiary/aromatic N) is 1. The van der Waals surface area contributed by atoms with Gasteiger partial charge >= 0.3 is 0 Å². The Balaban J connectivity index is 1.98. The Labute approximate surface area is 93.0 Å². The van der Waals surface area contributed by atoms with Crippen molar-refractivity contribution in [3.8, 4) is 0 Å². The van der Waals surface area contributed by atoms with Crippen LogP contribution >= 0.6 is 0 Å². The van der Waals surface area contributed by atoms with E-state index in [0.29, 0.717) is 6.54 Å². The second-order valence-electron chi connectivity index (χ2n) is 4.57. The lowest BCUT2D eigenvalue weighted by atomic mass is 10.2. The van der Waals surface area contributed by atoms with Crippen molar-refractivity contribution in [2.45, 2.75) is 13.3 Å². The molecule has 0 aliphatic carbocycles. The highest BCUT2D eigenvalue weighted by Gasteiger charge is 2.17.